The van der Waals surface area contributed by atoms with Gasteiger partial charge >= 0.3 is 0 Å². The van der Waals surface area contributed by atoms with Gasteiger partial charge in [-0.15, -0.1) is 0 Å². The Kier molecular flexibility index (Phi) is 5.90. The summed E-state index contributed by atoms with van der Waals surface area (Å²) in [5, 5.41) is 18.7. The normalized spacial score (nSPS) is 30.2. The SMILES string of the molecule is CCC1CCCCC1SCC(O)CO. The predicted molar refractivity (Wildman–Crippen MR) is 61.6 cm³/mol. The van der Waals surface area contributed by atoms with E-state index < -0.39 is 6.10 Å². The van der Waals surface area contributed by atoms with Gasteiger partial charge in [-0.05, 0) is 18.8 Å². The molecule has 3 unspecified atom stereocenters. The average Bonchev–Trinajstić information content (AvgIpc) is 2.26. The molecular formula is C11H22O2S. The van der Waals surface area contributed by atoms with Gasteiger partial charge < -0.3 is 10.2 Å². The third-order valence-electron chi connectivity index (χ3n) is 3.08. The first-order chi connectivity index (χ1) is 6.77. The number of hydrogen-bond donors (Lipinski definition) is 2. The van der Waals surface area contributed by atoms with Crippen molar-refractivity contribution in [2.45, 2.75) is 50.4 Å². The third kappa shape index (κ3) is 3.79. The maximum absolute atomic E-state index is 9.28. The molecule has 1 aliphatic rings. The lowest BCUT2D eigenvalue weighted by molar-refractivity contribution is 0.113. The summed E-state index contributed by atoms with van der Waals surface area (Å²) in [6.45, 7) is 2.16. The Balaban J connectivity index is 2.26. The Morgan fingerprint density at radius 2 is 2.07 bits per heavy atom. The predicted octanol–water partition coefficient (Wildman–Crippen LogP) is 2.04. The maximum Gasteiger partial charge on any atom is 0.0861 e. The molecule has 0 spiro atoms. The van der Waals surface area contributed by atoms with E-state index in [1.165, 1.54) is 32.1 Å². The van der Waals surface area contributed by atoms with Crippen LogP contribution in [0.5, 0.6) is 0 Å². The molecule has 14 heavy (non-hydrogen) atoms. The van der Waals surface area contributed by atoms with E-state index in [2.05, 4.69) is 6.92 Å². The lowest BCUT2D eigenvalue weighted by Gasteiger charge is -2.30. The number of aliphatic hydroxyl groups is 2. The number of thioether (sulfide) groups is 1. The third-order valence-corrected chi connectivity index (χ3v) is 4.70. The van der Waals surface area contributed by atoms with Gasteiger partial charge in [0.25, 0.3) is 0 Å². The Labute approximate surface area is 91.1 Å². The van der Waals surface area contributed by atoms with Crippen LogP contribution in [0.3, 0.4) is 0 Å². The van der Waals surface area contributed by atoms with Crippen LogP contribution in [-0.2, 0) is 0 Å². The van der Waals surface area contributed by atoms with E-state index in [0.29, 0.717) is 5.75 Å². The Morgan fingerprint density at radius 3 is 2.71 bits per heavy atom. The van der Waals surface area contributed by atoms with Gasteiger partial charge in [-0.1, -0.05) is 26.2 Å². The van der Waals surface area contributed by atoms with Crippen molar-refractivity contribution in [3.63, 3.8) is 0 Å². The molecule has 1 rings (SSSR count). The lowest BCUT2D eigenvalue weighted by atomic mass is 9.87. The smallest absolute Gasteiger partial charge is 0.0861 e. The highest BCUT2D eigenvalue weighted by Gasteiger charge is 2.24. The van der Waals surface area contributed by atoms with Crippen LogP contribution in [0.2, 0.25) is 0 Å². The van der Waals surface area contributed by atoms with Gasteiger partial charge in [0.15, 0.2) is 0 Å². The minimum absolute atomic E-state index is 0.101. The summed E-state index contributed by atoms with van der Waals surface area (Å²) in [5.41, 5.74) is 0. The number of rotatable bonds is 5. The van der Waals surface area contributed by atoms with Crippen LogP contribution in [0.25, 0.3) is 0 Å². The van der Waals surface area contributed by atoms with Crippen molar-refractivity contribution in [2.75, 3.05) is 12.4 Å². The zero-order valence-corrected chi connectivity index (χ0v) is 9.80. The second-order valence-corrected chi connectivity index (χ2v) is 5.43. The quantitative estimate of drug-likeness (QED) is 0.742. The van der Waals surface area contributed by atoms with Gasteiger partial charge in [-0.25, -0.2) is 0 Å². The molecule has 0 bridgehead atoms. The van der Waals surface area contributed by atoms with Crippen molar-refractivity contribution in [1.29, 1.82) is 0 Å². The van der Waals surface area contributed by atoms with Crippen molar-refractivity contribution in [1.82, 2.24) is 0 Å². The van der Waals surface area contributed by atoms with Gasteiger partial charge in [-0.3, -0.25) is 0 Å². The Bertz CT molecular complexity index is 152. The van der Waals surface area contributed by atoms with Crippen LogP contribution in [0.15, 0.2) is 0 Å². The fourth-order valence-electron chi connectivity index (χ4n) is 2.15. The van der Waals surface area contributed by atoms with Gasteiger partial charge in [0.2, 0.25) is 0 Å². The van der Waals surface area contributed by atoms with Gasteiger partial charge in [-0.2, -0.15) is 11.8 Å². The molecule has 1 saturated carbocycles. The summed E-state index contributed by atoms with van der Waals surface area (Å²) in [5.74, 6) is 1.53. The topological polar surface area (TPSA) is 40.5 Å². The van der Waals surface area contributed by atoms with E-state index in [4.69, 9.17) is 5.11 Å². The molecule has 2 N–H and O–H groups in total. The first kappa shape index (κ1) is 12.3. The molecule has 0 aromatic carbocycles. The zero-order valence-electron chi connectivity index (χ0n) is 8.98. The first-order valence-corrected chi connectivity index (χ1v) is 6.73. The highest BCUT2D eigenvalue weighted by atomic mass is 32.2. The molecule has 1 aliphatic carbocycles. The molecule has 0 aliphatic heterocycles. The fraction of sp³-hybridized carbons (Fsp3) is 1.00. The van der Waals surface area contributed by atoms with Gasteiger partial charge in [0.05, 0.1) is 12.7 Å². The summed E-state index contributed by atoms with van der Waals surface area (Å²) < 4.78 is 0. The highest BCUT2D eigenvalue weighted by Crippen LogP contribution is 2.35. The lowest BCUT2D eigenvalue weighted by Crippen LogP contribution is -2.24. The van der Waals surface area contributed by atoms with Crippen LogP contribution >= 0.6 is 11.8 Å². The highest BCUT2D eigenvalue weighted by molar-refractivity contribution is 7.99. The minimum Gasteiger partial charge on any atom is -0.394 e. The standard InChI is InChI=1S/C11H22O2S/c1-2-9-5-3-4-6-11(9)14-8-10(13)7-12/h9-13H,2-8H2,1H3. The van der Waals surface area contributed by atoms with Crippen molar-refractivity contribution in [2.24, 2.45) is 5.92 Å². The minimum atomic E-state index is -0.528. The molecule has 0 aromatic rings. The monoisotopic (exact) mass is 218 g/mol. The maximum atomic E-state index is 9.28. The Hall–Kier alpha value is 0.270. The van der Waals surface area contributed by atoms with Crippen molar-refractivity contribution >= 4 is 11.8 Å². The molecule has 0 heterocycles. The molecule has 0 saturated heterocycles. The van der Waals surface area contributed by atoms with E-state index >= 15 is 0 Å². The van der Waals surface area contributed by atoms with E-state index in [1.807, 2.05) is 11.8 Å². The molecule has 84 valence electrons. The van der Waals surface area contributed by atoms with Gasteiger partial charge in [0.1, 0.15) is 0 Å². The summed E-state index contributed by atoms with van der Waals surface area (Å²) in [6, 6.07) is 0. The summed E-state index contributed by atoms with van der Waals surface area (Å²) in [6.07, 6.45) is 6.08. The van der Waals surface area contributed by atoms with Crippen LogP contribution in [0.1, 0.15) is 39.0 Å². The van der Waals surface area contributed by atoms with Crippen molar-refractivity contribution in [3.8, 4) is 0 Å². The van der Waals surface area contributed by atoms with E-state index in [0.717, 1.165) is 11.2 Å². The van der Waals surface area contributed by atoms with Crippen LogP contribution in [-0.4, -0.2) is 33.9 Å². The largest absolute Gasteiger partial charge is 0.394 e. The van der Waals surface area contributed by atoms with E-state index in [-0.39, 0.29) is 6.61 Å². The molecule has 2 nitrogen and oxygen atoms in total. The van der Waals surface area contributed by atoms with Crippen LogP contribution in [0, 0.1) is 5.92 Å². The van der Waals surface area contributed by atoms with Crippen molar-refractivity contribution < 1.29 is 10.2 Å². The molecule has 0 amide bonds. The molecule has 3 atom stereocenters. The summed E-state index contributed by atoms with van der Waals surface area (Å²) in [4.78, 5) is 0. The molecule has 1 fully saturated rings. The van der Waals surface area contributed by atoms with E-state index in [9.17, 15) is 5.11 Å². The van der Waals surface area contributed by atoms with Crippen molar-refractivity contribution in [3.05, 3.63) is 0 Å². The van der Waals surface area contributed by atoms with E-state index in [1.54, 1.807) is 0 Å². The van der Waals surface area contributed by atoms with Gasteiger partial charge in [0, 0.05) is 11.0 Å². The summed E-state index contributed by atoms with van der Waals surface area (Å²) >= 11 is 1.85. The number of hydrogen-bond acceptors (Lipinski definition) is 3. The molecular weight excluding hydrogens is 196 g/mol. The molecule has 3 heteroatoms. The summed E-state index contributed by atoms with van der Waals surface area (Å²) in [7, 11) is 0. The Morgan fingerprint density at radius 1 is 1.36 bits per heavy atom. The van der Waals surface area contributed by atoms with Crippen LogP contribution < -0.4 is 0 Å². The fourth-order valence-corrected chi connectivity index (χ4v) is 3.66. The first-order valence-electron chi connectivity index (χ1n) is 5.68. The average molecular weight is 218 g/mol. The molecule has 0 aromatic heterocycles. The molecule has 0 radical (unpaired) electrons. The number of aliphatic hydroxyl groups excluding tert-OH is 2. The second kappa shape index (κ2) is 6.70. The zero-order chi connectivity index (χ0) is 10.4. The second-order valence-electron chi connectivity index (χ2n) is 4.16. The van der Waals surface area contributed by atoms with Crippen LogP contribution in [0.4, 0.5) is 0 Å².